The SMILES string of the molecule is CC(C)n1ncc2c(C(=O)NC3CCS(=O)(=O)C3)cc(-c3cccs3)nc21. The molecule has 0 saturated carbocycles. The molecule has 142 valence electrons. The van der Waals surface area contributed by atoms with E-state index in [1.807, 2.05) is 31.4 Å². The Kier molecular flexibility index (Phi) is 4.51. The minimum atomic E-state index is -3.06. The maximum Gasteiger partial charge on any atom is 0.252 e. The molecule has 0 aromatic carbocycles. The van der Waals surface area contributed by atoms with Crippen molar-refractivity contribution in [3.63, 3.8) is 0 Å². The van der Waals surface area contributed by atoms with Gasteiger partial charge in [-0.15, -0.1) is 11.3 Å². The number of sulfone groups is 1. The number of rotatable bonds is 4. The third-order valence-corrected chi connectivity index (χ3v) is 7.30. The second-order valence-corrected chi connectivity index (χ2v) is 10.2. The molecule has 0 radical (unpaired) electrons. The van der Waals surface area contributed by atoms with Gasteiger partial charge in [0.15, 0.2) is 15.5 Å². The number of hydrogen-bond donors (Lipinski definition) is 1. The van der Waals surface area contributed by atoms with Gasteiger partial charge < -0.3 is 5.32 Å². The van der Waals surface area contributed by atoms with Crippen molar-refractivity contribution in [3.05, 3.63) is 35.3 Å². The van der Waals surface area contributed by atoms with Crippen LogP contribution in [0.25, 0.3) is 21.6 Å². The lowest BCUT2D eigenvalue weighted by Crippen LogP contribution is -2.35. The summed E-state index contributed by atoms with van der Waals surface area (Å²) in [5, 5.41) is 9.90. The molecule has 1 N–H and O–H groups in total. The molecular formula is C18H20N4O3S2. The molecule has 9 heteroatoms. The van der Waals surface area contributed by atoms with Crippen LogP contribution in [0.2, 0.25) is 0 Å². The molecule has 0 bridgehead atoms. The molecule has 1 saturated heterocycles. The first-order valence-corrected chi connectivity index (χ1v) is 11.5. The Morgan fingerprint density at radius 2 is 2.22 bits per heavy atom. The van der Waals surface area contributed by atoms with Crippen LogP contribution in [0.15, 0.2) is 29.8 Å². The summed E-state index contributed by atoms with van der Waals surface area (Å²) in [5.74, 6) is -0.170. The van der Waals surface area contributed by atoms with E-state index in [1.54, 1.807) is 28.3 Å². The monoisotopic (exact) mass is 404 g/mol. The molecule has 1 atom stereocenters. The van der Waals surface area contributed by atoms with E-state index in [-0.39, 0.29) is 29.5 Å². The minimum absolute atomic E-state index is 0.00396. The van der Waals surface area contributed by atoms with Crippen LogP contribution in [0, 0.1) is 0 Å². The summed E-state index contributed by atoms with van der Waals surface area (Å²) in [6.45, 7) is 4.02. The quantitative estimate of drug-likeness (QED) is 0.721. The zero-order valence-electron chi connectivity index (χ0n) is 15.0. The zero-order valence-corrected chi connectivity index (χ0v) is 16.7. The Labute approximate surface area is 161 Å². The second-order valence-electron chi connectivity index (χ2n) is 7.03. The summed E-state index contributed by atoms with van der Waals surface area (Å²) in [6, 6.07) is 5.41. The number of aromatic nitrogens is 3. The van der Waals surface area contributed by atoms with Crippen molar-refractivity contribution < 1.29 is 13.2 Å². The molecule has 27 heavy (non-hydrogen) atoms. The van der Waals surface area contributed by atoms with Crippen LogP contribution in [0.5, 0.6) is 0 Å². The highest BCUT2D eigenvalue weighted by Gasteiger charge is 2.30. The lowest BCUT2D eigenvalue weighted by atomic mass is 10.1. The van der Waals surface area contributed by atoms with Crippen molar-refractivity contribution in [2.45, 2.75) is 32.4 Å². The molecule has 0 spiro atoms. The summed E-state index contributed by atoms with van der Waals surface area (Å²) in [5.41, 5.74) is 1.84. The summed E-state index contributed by atoms with van der Waals surface area (Å²) in [6.07, 6.45) is 2.10. The van der Waals surface area contributed by atoms with Crippen LogP contribution in [0.4, 0.5) is 0 Å². The molecule has 4 heterocycles. The Morgan fingerprint density at radius 1 is 1.41 bits per heavy atom. The van der Waals surface area contributed by atoms with E-state index in [0.29, 0.717) is 28.7 Å². The van der Waals surface area contributed by atoms with Gasteiger partial charge in [-0.3, -0.25) is 4.79 Å². The number of nitrogens with zero attached hydrogens (tertiary/aromatic N) is 3. The third kappa shape index (κ3) is 3.49. The van der Waals surface area contributed by atoms with Gasteiger partial charge in [-0.1, -0.05) is 6.07 Å². The molecule has 1 aliphatic rings. The first-order valence-electron chi connectivity index (χ1n) is 8.77. The standard InChI is InChI=1S/C18H20N4O3S2/c1-11(2)22-17-14(9-19-22)13(8-15(21-17)16-4-3-6-26-16)18(23)20-12-5-7-27(24,25)10-12/h3-4,6,8-9,11-12H,5,7,10H2,1-2H3,(H,20,23). The number of thiophene rings is 1. The second kappa shape index (κ2) is 6.72. The fourth-order valence-electron chi connectivity index (χ4n) is 3.31. The fourth-order valence-corrected chi connectivity index (χ4v) is 5.67. The highest BCUT2D eigenvalue weighted by atomic mass is 32.2. The molecular weight excluding hydrogens is 384 g/mol. The molecule has 3 aromatic heterocycles. The van der Waals surface area contributed by atoms with E-state index in [0.717, 1.165) is 4.88 Å². The molecule has 1 fully saturated rings. The molecule has 4 rings (SSSR count). The number of hydrogen-bond acceptors (Lipinski definition) is 6. The largest absolute Gasteiger partial charge is 0.348 e. The fraction of sp³-hybridized carbons (Fsp3) is 0.389. The predicted octanol–water partition coefficient (Wildman–Crippen LogP) is 2.66. The van der Waals surface area contributed by atoms with Crippen molar-refractivity contribution >= 4 is 38.1 Å². The van der Waals surface area contributed by atoms with Gasteiger partial charge in [0.2, 0.25) is 0 Å². The molecule has 1 unspecified atom stereocenters. The number of fused-ring (bicyclic) bond motifs is 1. The van der Waals surface area contributed by atoms with Gasteiger partial charge in [0.05, 0.1) is 39.2 Å². The molecule has 3 aromatic rings. The number of nitrogens with one attached hydrogen (secondary N) is 1. The summed E-state index contributed by atoms with van der Waals surface area (Å²) in [7, 11) is -3.06. The Balaban J connectivity index is 1.77. The average molecular weight is 405 g/mol. The third-order valence-electron chi connectivity index (χ3n) is 4.64. The van der Waals surface area contributed by atoms with Gasteiger partial charge in [-0.05, 0) is 37.8 Å². The van der Waals surface area contributed by atoms with Crippen molar-refractivity contribution in [3.8, 4) is 10.6 Å². The summed E-state index contributed by atoms with van der Waals surface area (Å²) < 4.78 is 25.2. The average Bonchev–Trinajstić information content (AvgIpc) is 3.32. The van der Waals surface area contributed by atoms with Crippen LogP contribution in [0.3, 0.4) is 0 Å². The highest BCUT2D eigenvalue weighted by molar-refractivity contribution is 7.91. The van der Waals surface area contributed by atoms with Gasteiger partial charge in [0.25, 0.3) is 5.91 Å². The number of carbonyl (C=O) groups is 1. The van der Waals surface area contributed by atoms with Crippen LogP contribution in [-0.4, -0.2) is 46.6 Å². The van der Waals surface area contributed by atoms with Gasteiger partial charge in [-0.25, -0.2) is 18.1 Å². The zero-order chi connectivity index (χ0) is 19.2. The van der Waals surface area contributed by atoms with Gasteiger partial charge in [0, 0.05) is 12.1 Å². The van der Waals surface area contributed by atoms with Crippen LogP contribution in [-0.2, 0) is 9.84 Å². The molecule has 1 amide bonds. The molecule has 7 nitrogen and oxygen atoms in total. The van der Waals surface area contributed by atoms with Crippen LogP contribution in [0.1, 0.15) is 36.7 Å². The van der Waals surface area contributed by atoms with Crippen LogP contribution < -0.4 is 5.32 Å². The van der Waals surface area contributed by atoms with Gasteiger partial charge >= 0.3 is 0 Å². The normalized spacial score (nSPS) is 19.0. The van der Waals surface area contributed by atoms with Crippen LogP contribution >= 0.6 is 11.3 Å². The van der Waals surface area contributed by atoms with E-state index in [9.17, 15) is 13.2 Å². The first-order chi connectivity index (χ1) is 12.8. The van der Waals surface area contributed by atoms with Crippen molar-refractivity contribution in [1.82, 2.24) is 20.1 Å². The lowest BCUT2D eigenvalue weighted by Gasteiger charge is -2.13. The van der Waals surface area contributed by atoms with E-state index in [4.69, 9.17) is 4.98 Å². The Hall–Kier alpha value is -2.26. The van der Waals surface area contributed by atoms with E-state index < -0.39 is 9.84 Å². The topological polar surface area (TPSA) is 94.0 Å². The highest BCUT2D eigenvalue weighted by Crippen LogP contribution is 2.29. The predicted molar refractivity (Wildman–Crippen MR) is 106 cm³/mol. The minimum Gasteiger partial charge on any atom is -0.348 e. The number of pyridine rings is 1. The van der Waals surface area contributed by atoms with E-state index in [1.165, 1.54) is 0 Å². The van der Waals surface area contributed by atoms with E-state index in [2.05, 4.69) is 10.4 Å². The summed E-state index contributed by atoms with van der Waals surface area (Å²) in [4.78, 5) is 18.7. The maximum atomic E-state index is 13.0. The van der Waals surface area contributed by atoms with Crippen molar-refractivity contribution in [2.24, 2.45) is 0 Å². The molecule has 1 aliphatic heterocycles. The maximum absolute atomic E-state index is 13.0. The van der Waals surface area contributed by atoms with E-state index >= 15 is 0 Å². The summed E-state index contributed by atoms with van der Waals surface area (Å²) >= 11 is 1.55. The smallest absolute Gasteiger partial charge is 0.252 e. The molecule has 0 aliphatic carbocycles. The lowest BCUT2D eigenvalue weighted by molar-refractivity contribution is 0.0943. The van der Waals surface area contributed by atoms with Gasteiger partial charge in [0.1, 0.15) is 0 Å². The Bertz CT molecular complexity index is 1100. The van der Waals surface area contributed by atoms with Crippen molar-refractivity contribution in [2.75, 3.05) is 11.5 Å². The number of carbonyl (C=O) groups excluding carboxylic acids is 1. The first kappa shape index (κ1) is 18.1. The van der Waals surface area contributed by atoms with Gasteiger partial charge in [-0.2, -0.15) is 5.10 Å². The van der Waals surface area contributed by atoms with Crippen molar-refractivity contribution in [1.29, 1.82) is 0 Å². The Morgan fingerprint density at radius 3 is 2.85 bits per heavy atom. The number of amides is 1.